The summed E-state index contributed by atoms with van der Waals surface area (Å²) in [5, 5.41) is 5.61. The van der Waals surface area contributed by atoms with Crippen LogP contribution in [0.2, 0.25) is 0 Å². The van der Waals surface area contributed by atoms with E-state index in [1.807, 2.05) is 19.1 Å². The van der Waals surface area contributed by atoms with Gasteiger partial charge in [-0.2, -0.15) is 0 Å². The maximum absolute atomic E-state index is 13.4. The van der Waals surface area contributed by atoms with E-state index >= 15 is 0 Å². The highest BCUT2D eigenvalue weighted by Crippen LogP contribution is 2.29. The van der Waals surface area contributed by atoms with Gasteiger partial charge in [-0.15, -0.1) is 0 Å². The summed E-state index contributed by atoms with van der Waals surface area (Å²) in [6.07, 6.45) is 1.41. The molecule has 0 saturated heterocycles. The molecular formula is C25H26FN5O3. The van der Waals surface area contributed by atoms with Crippen molar-refractivity contribution in [3.05, 3.63) is 83.2 Å². The maximum atomic E-state index is 13.4. The lowest BCUT2D eigenvalue weighted by Crippen LogP contribution is -2.63. The summed E-state index contributed by atoms with van der Waals surface area (Å²) in [7, 11) is 0. The second-order valence-electron chi connectivity index (χ2n) is 8.52. The molecule has 0 spiro atoms. The Hall–Kier alpha value is -4.01. The van der Waals surface area contributed by atoms with Crippen LogP contribution in [0.25, 0.3) is 0 Å². The number of halogens is 1. The Kier molecular flexibility index (Phi) is 6.19. The Morgan fingerprint density at radius 1 is 1.12 bits per heavy atom. The summed E-state index contributed by atoms with van der Waals surface area (Å²) < 4.78 is 14.7. The van der Waals surface area contributed by atoms with Crippen molar-refractivity contribution in [3.63, 3.8) is 0 Å². The molecule has 1 atom stereocenters. The number of nitrogens with zero attached hydrogens (tertiary/aromatic N) is 3. The number of imidazole rings is 1. The summed E-state index contributed by atoms with van der Waals surface area (Å²) in [6.45, 7) is 6.01. The van der Waals surface area contributed by atoms with Crippen molar-refractivity contribution in [1.82, 2.24) is 19.8 Å². The molecule has 0 unspecified atom stereocenters. The molecular weight excluding hydrogens is 437 g/mol. The fourth-order valence-corrected chi connectivity index (χ4v) is 4.15. The quantitative estimate of drug-likeness (QED) is 0.587. The van der Waals surface area contributed by atoms with Gasteiger partial charge >= 0.3 is 0 Å². The van der Waals surface area contributed by atoms with Crippen molar-refractivity contribution in [2.45, 2.75) is 39.4 Å². The van der Waals surface area contributed by atoms with Crippen LogP contribution in [0.3, 0.4) is 0 Å². The van der Waals surface area contributed by atoms with Crippen molar-refractivity contribution >= 4 is 23.4 Å². The molecule has 1 aliphatic rings. The Morgan fingerprint density at radius 3 is 2.44 bits per heavy atom. The average molecular weight is 464 g/mol. The molecule has 3 amide bonds. The zero-order valence-corrected chi connectivity index (χ0v) is 19.3. The summed E-state index contributed by atoms with van der Waals surface area (Å²) in [5.41, 5.74) is 1.36. The molecule has 176 valence electrons. The van der Waals surface area contributed by atoms with E-state index in [1.54, 1.807) is 42.7 Å². The molecule has 8 nitrogen and oxygen atoms in total. The molecule has 2 N–H and O–H groups in total. The summed E-state index contributed by atoms with van der Waals surface area (Å²) in [6, 6.07) is 13.1. The number of likely N-dealkylation sites (N-methyl/N-ethyl adjacent to an activating group) is 1. The Labute approximate surface area is 196 Å². The molecule has 0 bridgehead atoms. The lowest BCUT2D eigenvalue weighted by Gasteiger charge is -2.43. The van der Waals surface area contributed by atoms with Crippen molar-refractivity contribution < 1.29 is 18.8 Å². The van der Waals surface area contributed by atoms with Crippen LogP contribution in [0, 0.1) is 12.7 Å². The van der Waals surface area contributed by atoms with Gasteiger partial charge in [-0.1, -0.05) is 29.8 Å². The van der Waals surface area contributed by atoms with Crippen molar-refractivity contribution in [1.29, 1.82) is 0 Å². The first-order chi connectivity index (χ1) is 16.2. The van der Waals surface area contributed by atoms with Gasteiger partial charge in [0.15, 0.2) is 5.69 Å². The zero-order valence-electron chi connectivity index (χ0n) is 19.3. The third-order valence-corrected chi connectivity index (χ3v) is 6.06. The number of benzene rings is 2. The molecule has 1 aromatic heterocycles. The first-order valence-electron chi connectivity index (χ1n) is 11.0. The van der Waals surface area contributed by atoms with Crippen LogP contribution in [0.1, 0.15) is 46.0 Å². The van der Waals surface area contributed by atoms with E-state index in [1.165, 1.54) is 23.4 Å². The molecule has 3 aromatic rings. The van der Waals surface area contributed by atoms with Gasteiger partial charge in [0.2, 0.25) is 5.91 Å². The van der Waals surface area contributed by atoms with Crippen molar-refractivity contribution in [2.24, 2.45) is 0 Å². The van der Waals surface area contributed by atoms with Crippen LogP contribution in [-0.4, -0.2) is 44.3 Å². The van der Waals surface area contributed by atoms with E-state index in [0.717, 1.165) is 11.1 Å². The normalized spacial score (nSPS) is 17.3. The zero-order chi connectivity index (χ0) is 24.5. The minimum atomic E-state index is -1.19. The van der Waals surface area contributed by atoms with Gasteiger partial charge in [0.1, 0.15) is 17.1 Å². The molecule has 34 heavy (non-hydrogen) atoms. The minimum Gasteiger partial charge on any atom is -0.350 e. The number of rotatable bonds is 6. The second kappa shape index (κ2) is 9.09. The van der Waals surface area contributed by atoms with Gasteiger partial charge in [0.05, 0.1) is 12.9 Å². The van der Waals surface area contributed by atoms with Gasteiger partial charge in [-0.05, 0) is 50.6 Å². The number of carbonyl (C=O) groups is 3. The van der Waals surface area contributed by atoms with Crippen LogP contribution in [-0.2, 0) is 17.9 Å². The lowest BCUT2D eigenvalue weighted by atomic mass is 9.94. The number of hydrogen-bond acceptors (Lipinski definition) is 4. The van der Waals surface area contributed by atoms with Gasteiger partial charge in [-0.3, -0.25) is 14.4 Å². The standard InChI is InChI=1S/C25H26FN5O3/c1-4-31-23(33)21-20(22(32)29-19-11-5-16(2)6-12-19)28-15-30(21)14-25(31,3)24(34)27-13-17-7-9-18(26)10-8-17/h5-12,15H,4,13-14H2,1-3H3,(H,27,34)(H,29,32)/t25-/m0/s1. The molecule has 0 radical (unpaired) electrons. The first kappa shape index (κ1) is 23.2. The number of fused-ring (bicyclic) bond motifs is 1. The lowest BCUT2D eigenvalue weighted by molar-refractivity contribution is -0.132. The molecule has 4 rings (SSSR count). The number of amides is 3. The van der Waals surface area contributed by atoms with E-state index in [-0.39, 0.29) is 42.7 Å². The van der Waals surface area contributed by atoms with E-state index in [0.29, 0.717) is 5.69 Å². The fourth-order valence-electron chi connectivity index (χ4n) is 4.15. The maximum Gasteiger partial charge on any atom is 0.276 e. The highest BCUT2D eigenvalue weighted by atomic mass is 19.1. The number of nitrogens with one attached hydrogen (secondary N) is 2. The number of carbonyl (C=O) groups excluding carboxylic acids is 3. The fraction of sp³-hybridized carbons (Fsp3) is 0.280. The van der Waals surface area contributed by atoms with E-state index in [2.05, 4.69) is 15.6 Å². The van der Waals surface area contributed by atoms with Crippen LogP contribution in [0.5, 0.6) is 0 Å². The average Bonchev–Trinajstić information content (AvgIpc) is 3.24. The molecule has 0 aliphatic carbocycles. The Bertz CT molecular complexity index is 1240. The third kappa shape index (κ3) is 4.28. The molecule has 2 aromatic carbocycles. The minimum absolute atomic E-state index is 0.0118. The van der Waals surface area contributed by atoms with E-state index < -0.39 is 17.4 Å². The number of anilines is 1. The predicted molar refractivity (Wildman–Crippen MR) is 125 cm³/mol. The highest BCUT2D eigenvalue weighted by molar-refractivity contribution is 6.11. The topological polar surface area (TPSA) is 96.3 Å². The van der Waals surface area contributed by atoms with E-state index in [9.17, 15) is 18.8 Å². The van der Waals surface area contributed by atoms with Crippen molar-refractivity contribution in [3.8, 4) is 0 Å². The second-order valence-corrected chi connectivity index (χ2v) is 8.52. The summed E-state index contributed by atoms with van der Waals surface area (Å²) >= 11 is 0. The van der Waals surface area contributed by atoms with Crippen LogP contribution in [0.15, 0.2) is 54.9 Å². The summed E-state index contributed by atoms with van der Waals surface area (Å²) in [5.74, 6) is -1.64. The van der Waals surface area contributed by atoms with Crippen LogP contribution < -0.4 is 10.6 Å². The third-order valence-electron chi connectivity index (χ3n) is 6.06. The molecule has 9 heteroatoms. The first-order valence-corrected chi connectivity index (χ1v) is 11.0. The highest BCUT2D eigenvalue weighted by Gasteiger charge is 2.48. The van der Waals surface area contributed by atoms with Gasteiger partial charge in [0.25, 0.3) is 11.8 Å². The monoisotopic (exact) mass is 463 g/mol. The Balaban J connectivity index is 1.55. The predicted octanol–water partition coefficient (Wildman–Crippen LogP) is 3.13. The van der Waals surface area contributed by atoms with Gasteiger partial charge < -0.3 is 20.1 Å². The van der Waals surface area contributed by atoms with Crippen molar-refractivity contribution in [2.75, 3.05) is 11.9 Å². The number of aryl methyl sites for hydroxylation is 1. The largest absolute Gasteiger partial charge is 0.350 e. The van der Waals surface area contributed by atoms with E-state index in [4.69, 9.17) is 0 Å². The molecule has 0 saturated carbocycles. The smallest absolute Gasteiger partial charge is 0.276 e. The number of aromatic nitrogens is 2. The van der Waals surface area contributed by atoms with Crippen LogP contribution in [0.4, 0.5) is 10.1 Å². The van der Waals surface area contributed by atoms with Gasteiger partial charge in [0, 0.05) is 18.8 Å². The van der Waals surface area contributed by atoms with Gasteiger partial charge in [-0.25, -0.2) is 9.37 Å². The van der Waals surface area contributed by atoms with Crippen LogP contribution >= 0.6 is 0 Å². The summed E-state index contributed by atoms with van der Waals surface area (Å²) in [4.78, 5) is 45.2. The molecule has 2 heterocycles. The molecule has 1 aliphatic heterocycles. The number of hydrogen-bond donors (Lipinski definition) is 2. The molecule has 0 fully saturated rings. The Morgan fingerprint density at radius 2 is 1.79 bits per heavy atom. The SMILES string of the molecule is CCN1C(=O)c2c(C(=O)Nc3ccc(C)cc3)ncn2C[C@@]1(C)C(=O)NCc1ccc(F)cc1.